The largest absolute Gasteiger partial charge is 0.346 e. The monoisotopic (exact) mass is 370 g/mol. The van der Waals surface area contributed by atoms with Gasteiger partial charge in [-0.15, -0.1) is 0 Å². The minimum Gasteiger partial charge on any atom is -0.346 e. The van der Waals surface area contributed by atoms with Gasteiger partial charge in [0.1, 0.15) is 18.5 Å². The second kappa shape index (κ2) is 7.93. The summed E-state index contributed by atoms with van der Waals surface area (Å²) < 4.78 is 14.8. The first kappa shape index (κ1) is 17.8. The molecular weight excluding hydrogens is 355 g/mol. The molecule has 5 nitrogen and oxygen atoms in total. The van der Waals surface area contributed by atoms with Crippen molar-refractivity contribution in [3.8, 4) is 5.69 Å². The van der Waals surface area contributed by atoms with Crippen LogP contribution < -0.4 is 5.32 Å². The van der Waals surface area contributed by atoms with Crippen LogP contribution in [0.15, 0.2) is 61.2 Å². The van der Waals surface area contributed by atoms with E-state index in [4.69, 9.17) is 11.6 Å². The molecule has 0 bridgehead atoms. The van der Waals surface area contributed by atoms with Gasteiger partial charge in [-0.05, 0) is 48.4 Å². The fourth-order valence-corrected chi connectivity index (χ4v) is 2.58. The number of benzene rings is 2. The van der Waals surface area contributed by atoms with Crippen LogP contribution in [0.3, 0.4) is 0 Å². The lowest BCUT2D eigenvalue weighted by Crippen LogP contribution is -2.24. The number of nitrogens with zero attached hydrogens (tertiary/aromatic N) is 3. The van der Waals surface area contributed by atoms with Gasteiger partial charge in [-0.1, -0.05) is 29.8 Å². The van der Waals surface area contributed by atoms with Crippen molar-refractivity contribution in [2.24, 2.45) is 0 Å². The van der Waals surface area contributed by atoms with E-state index in [9.17, 15) is 9.18 Å². The second-order valence-electron chi connectivity index (χ2n) is 5.67. The number of carbonyl (C=O) groups excluding carboxylic acids is 1. The molecule has 0 fully saturated rings. The number of nitrogens with one attached hydrogen (secondary N) is 1. The van der Waals surface area contributed by atoms with E-state index in [-0.39, 0.29) is 17.0 Å². The molecule has 7 heteroatoms. The third-order valence-corrected chi connectivity index (χ3v) is 4.10. The molecule has 0 saturated heterocycles. The van der Waals surface area contributed by atoms with Crippen LogP contribution in [0.2, 0.25) is 5.02 Å². The summed E-state index contributed by atoms with van der Waals surface area (Å²) in [6, 6.07) is 11.8. The number of rotatable bonds is 5. The SMILES string of the molecule is CC(NC(=O)/C=C/c1ccc(F)c(Cl)c1)c1ccc(-n2cncn2)cc1. The lowest BCUT2D eigenvalue weighted by Gasteiger charge is -2.13. The molecule has 0 saturated carbocycles. The molecule has 0 aliphatic carbocycles. The molecule has 0 aliphatic rings. The molecule has 0 aliphatic heterocycles. The summed E-state index contributed by atoms with van der Waals surface area (Å²) in [7, 11) is 0. The van der Waals surface area contributed by atoms with Gasteiger partial charge in [-0.25, -0.2) is 14.1 Å². The van der Waals surface area contributed by atoms with E-state index in [1.54, 1.807) is 23.2 Å². The summed E-state index contributed by atoms with van der Waals surface area (Å²) >= 11 is 5.72. The van der Waals surface area contributed by atoms with Gasteiger partial charge in [0.2, 0.25) is 5.91 Å². The molecule has 2 aromatic carbocycles. The molecule has 1 heterocycles. The topological polar surface area (TPSA) is 59.8 Å². The number of hydrogen-bond donors (Lipinski definition) is 1. The van der Waals surface area contributed by atoms with Gasteiger partial charge >= 0.3 is 0 Å². The first-order valence-corrected chi connectivity index (χ1v) is 8.29. The maximum absolute atomic E-state index is 13.1. The van der Waals surface area contributed by atoms with Crippen molar-refractivity contribution in [1.29, 1.82) is 0 Å². The first-order chi connectivity index (χ1) is 12.5. The number of aromatic nitrogens is 3. The van der Waals surface area contributed by atoms with Crippen LogP contribution in [-0.4, -0.2) is 20.7 Å². The fourth-order valence-electron chi connectivity index (χ4n) is 2.39. The number of carbonyl (C=O) groups is 1. The zero-order valence-electron chi connectivity index (χ0n) is 13.9. The fraction of sp³-hybridized carbons (Fsp3) is 0.105. The minimum absolute atomic E-state index is 0.0217. The predicted molar refractivity (Wildman–Crippen MR) is 98.4 cm³/mol. The smallest absolute Gasteiger partial charge is 0.244 e. The lowest BCUT2D eigenvalue weighted by atomic mass is 10.1. The van der Waals surface area contributed by atoms with Gasteiger partial charge < -0.3 is 5.32 Å². The van der Waals surface area contributed by atoms with Crippen LogP contribution in [0.5, 0.6) is 0 Å². The quantitative estimate of drug-likeness (QED) is 0.692. The Morgan fingerprint density at radius 2 is 2.04 bits per heavy atom. The van der Waals surface area contributed by atoms with Gasteiger partial charge in [-0.3, -0.25) is 4.79 Å². The molecule has 26 heavy (non-hydrogen) atoms. The Balaban J connectivity index is 1.61. The van der Waals surface area contributed by atoms with Gasteiger partial charge in [0.25, 0.3) is 0 Å². The van der Waals surface area contributed by atoms with E-state index < -0.39 is 5.82 Å². The molecule has 0 radical (unpaired) electrons. The van der Waals surface area contributed by atoms with Crippen molar-refractivity contribution < 1.29 is 9.18 Å². The molecule has 3 aromatic rings. The zero-order chi connectivity index (χ0) is 18.5. The Labute approximate surface area is 155 Å². The highest BCUT2D eigenvalue weighted by Crippen LogP contribution is 2.17. The highest BCUT2D eigenvalue weighted by atomic mass is 35.5. The average Bonchev–Trinajstić information content (AvgIpc) is 3.17. The zero-order valence-corrected chi connectivity index (χ0v) is 14.7. The van der Waals surface area contributed by atoms with E-state index in [2.05, 4.69) is 15.4 Å². The molecular formula is C19H16ClFN4O. The summed E-state index contributed by atoms with van der Waals surface area (Å²) in [4.78, 5) is 16.0. The van der Waals surface area contributed by atoms with E-state index in [0.717, 1.165) is 11.3 Å². The van der Waals surface area contributed by atoms with Crippen LogP contribution in [-0.2, 0) is 4.79 Å². The molecule has 0 spiro atoms. The van der Waals surface area contributed by atoms with Crippen LogP contribution >= 0.6 is 11.6 Å². The van der Waals surface area contributed by atoms with Crippen LogP contribution in [0, 0.1) is 5.82 Å². The van der Waals surface area contributed by atoms with Gasteiger partial charge in [-0.2, -0.15) is 5.10 Å². The Bertz CT molecular complexity index is 923. The molecule has 1 unspecified atom stereocenters. The maximum Gasteiger partial charge on any atom is 0.244 e. The highest BCUT2D eigenvalue weighted by Gasteiger charge is 2.08. The van der Waals surface area contributed by atoms with Gasteiger partial charge in [0.05, 0.1) is 16.8 Å². The number of hydrogen-bond acceptors (Lipinski definition) is 3. The number of amides is 1. The van der Waals surface area contributed by atoms with Crippen molar-refractivity contribution in [3.63, 3.8) is 0 Å². The van der Waals surface area contributed by atoms with E-state index in [1.165, 1.54) is 24.5 Å². The molecule has 1 amide bonds. The normalized spacial score (nSPS) is 12.3. The van der Waals surface area contributed by atoms with Gasteiger partial charge in [0, 0.05) is 6.08 Å². The summed E-state index contributed by atoms with van der Waals surface area (Å²) in [6.45, 7) is 1.89. The van der Waals surface area contributed by atoms with Crippen molar-refractivity contribution in [1.82, 2.24) is 20.1 Å². The van der Waals surface area contributed by atoms with Crippen LogP contribution in [0.4, 0.5) is 4.39 Å². The van der Waals surface area contributed by atoms with Crippen LogP contribution in [0.1, 0.15) is 24.1 Å². The maximum atomic E-state index is 13.1. The van der Waals surface area contributed by atoms with Crippen molar-refractivity contribution in [2.75, 3.05) is 0 Å². The summed E-state index contributed by atoms with van der Waals surface area (Å²) in [5, 5.41) is 6.97. The van der Waals surface area contributed by atoms with Crippen molar-refractivity contribution in [3.05, 3.63) is 83.2 Å². The Morgan fingerprint density at radius 1 is 1.27 bits per heavy atom. The summed E-state index contributed by atoms with van der Waals surface area (Å²) in [5.41, 5.74) is 2.50. The standard InChI is InChI=1S/C19H16ClFN4O/c1-13(15-4-6-16(7-5-15)25-12-22-11-23-25)24-19(26)9-3-14-2-8-18(21)17(20)10-14/h2-13H,1H3,(H,24,26)/b9-3+. The Morgan fingerprint density at radius 3 is 2.69 bits per heavy atom. The minimum atomic E-state index is -0.490. The van der Waals surface area contributed by atoms with Gasteiger partial charge in [0.15, 0.2) is 0 Å². The number of halogens is 2. The molecule has 132 valence electrons. The average molecular weight is 371 g/mol. The predicted octanol–water partition coefficient (Wildman–Crippen LogP) is 3.95. The van der Waals surface area contributed by atoms with E-state index in [1.807, 2.05) is 31.2 Å². The third-order valence-electron chi connectivity index (χ3n) is 3.81. The summed E-state index contributed by atoms with van der Waals surface area (Å²) in [6.07, 6.45) is 6.06. The molecule has 1 N–H and O–H groups in total. The summed E-state index contributed by atoms with van der Waals surface area (Å²) in [5.74, 6) is -0.741. The van der Waals surface area contributed by atoms with Crippen molar-refractivity contribution >= 4 is 23.6 Å². The highest BCUT2D eigenvalue weighted by molar-refractivity contribution is 6.30. The molecule has 1 atom stereocenters. The third kappa shape index (κ3) is 4.34. The molecule has 3 rings (SSSR count). The molecule has 1 aromatic heterocycles. The van der Waals surface area contributed by atoms with Crippen molar-refractivity contribution in [2.45, 2.75) is 13.0 Å². The Hall–Kier alpha value is -2.99. The van der Waals surface area contributed by atoms with E-state index in [0.29, 0.717) is 5.56 Å². The lowest BCUT2D eigenvalue weighted by molar-refractivity contribution is -0.117. The Kier molecular flexibility index (Phi) is 5.43. The second-order valence-corrected chi connectivity index (χ2v) is 6.08. The van der Waals surface area contributed by atoms with Crippen LogP contribution in [0.25, 0.3) is 11.8 Å². The first-order valence-electron chi connectivity index (χ1n) is 7.91. The van der Waals surface area contributed by atoms with E-state index >= 15 is 0 Å².